The maximum absolute atomic E-state index is 14.4. The van der Waals surface area contributed by atoms with E-state index in [0.717, 1.165) is 16.5 Å². The summed E-state index contributed by atoms with van der Waals surface area (Å²) in [5, 5.41) is 13.3. The molecule has 1 aliphatic rings. The lowest BCUT2D eigenvalue weighted by Gasteiger charge is -2.24. The highest BCUT2D eigenvalue weighted by Gasteiger charge is 2.36. The predicted molar refractivity (Wildman–Crippen MR) is 127 cm³/mol. The van der Waals surface area contributed by atoms with Crippen molar-refractivity contribution in [1.29, 1.82) is 0 Å². The van der Waals surface area contributed by atoms with Crippen LogP contribution in [0.25, 0.3) is 28.0 Å². The molecule has 0 radical (unpaired) electrons. The molecule has 6 nitrogen and oxygen atoms in total. The van der Waals surface area contributed by atoms with E-state index >= 15 is 0 Å². The average Bonchev–Trinajstić information content (AvgIpc) is 2.85. The summed E-state index contributed by atoms with van der Waals surface area (Å²) in [5.41, 5.74) is 1.57. The Morgan fingerprint density at radius 2 is 1.56 bits per heavy atom. The van der Waals surface area contributed by atoms with E-state index in [9.17, 15) is 32.0 Å². The van der Waals surface area contributed by atoms with Gasteiger partial charge >= 0.3 is 0 Å². The molecule has 0 spiro atoms. The summed E-state index contributed by atoms with van der Waals surface area (Å²) in [6.07, 6.45) is -0.328. The maximum atomic E-state index is 14.4. The molecule has 182 valence electrons. The summed E-state index contributed by atoms with van der Waals surface area (Å²) in [5.74, 6) is -3.81. The number of benzene rings is 4. The molecule has 0 amide bonds. The molecule has 36 heavy (non-hydrogen) atoms. The Kier molecular flexibility index (Phi) is 6.07. The van der Waals surface area contributed by atoms with E-state index < -0.39 is 50.8 Å². The van der Waals surface area contributed by atoms with Crippen LogP contribution in [0, 0.1) is 27.6 Å². The second-order valence-corrected chi connectivity index (χ2v) is 9.07. The van der Waals surface area contributed by atoms with Crippen LogP contribution in [0.2, 0.25) is 0 Å². The molecule has 0 saturated heterocycles. The number of fused-ring (bicyclic) bond motifs is 3. The van der Waals surface area contributed by atoms with Gasteiger partial charge in [-0.3, -0.25) is 14.3 Å². The number of halogens is 3. The van der Waals surface area contributed by atoms with Gasteiger partial charge in [0.15, 0.2) is 11.6 Å². The standard InChI is InChI=1S/C26H16F3NO5S/c27-21-12-23(29)22(28)10-20(21)26-24(30(31)32)11-19-18-9-17(6-5-16(18)7-8-25(19)35-26)15-3-1-14(2-4-15)13-36(33)34/h1-12,26H,13H2,(H,33,34)/p-1. The molecular weight excluding hydrogens is 495 g/mol. The van der Waals surface area contributed by atoms with Gasteiger partial charge in [0.1, 0.15) is 11.6 Å². The molecule has 2 unspecified atom stereocenters. The van der Waals surface area contributed by atoms with Crippen LogP contribution in [0.15, 0.2) is 72.4 Å². The van der Waals surface area contributed by atoms with E-state index in [2.05, 4.69) is 0 Å². The third kappa shape index (κ3) is 4.36. The van der Waals surface area contributed by atoms with Gasteiger partial charge in [0, 0.05) is 29.0 Å². The van der Waals surface area contributed by atoms with E-state index in [1.165, 1.54) is 6.08 Å². The molecule has 5 rings (SSSR count). The fourth-order valence-electron chi connectivity index (χ4n) is 4.20. The topological polar surface area (TPSA) is 92.5 Å². The van der Waals surface area contributed by atoms with Crippen LogP contribution >= 0.6 is 0 Å². The maximum Gasteiger partial charge on any atom is 0.291 e. The molecule has 4 aromatic carbocycles. The highest BCUT2D eigenvalue weighted by Crippen LogP contribution is 2.42. The van der Waals surface area contributed by atoms with Crippen LogP contribution < -0.4 is 4.74 Å². The summed E-state index contributed by atoms with van der Waals surface area (Å²) >= 11 is -2.20. The Bertz CT molecular complexity index is 1590. The Labute approximate surface area is 205 Å². The number of rotatable bonds is 5. The van der Waals surface area contributed by atoms with Crippen molar-refractivity contribution >= 4 is 27.9 Å². The van der Waals surface area contributed by atoms with Crippen molar-refractivity contribution in [3.63, 3.8) is 0 Å². The van der Waals surface area contributed by atoms with Gasteiger partial charge in [-0.15, -0.1) is 0 Å². The van der Waals surface area contributed by atoms with Crippen molar-refractivity contribution in [3.05, 3.63) is 117 Å². The fraction of sp³-hybridized carbons (Fsp3) is 0.0769. The molecule has 10 heteroatoms. The van der Waals surface area contributed by atoms with Gasteiger partial charge in [0.05, 0.1) is 4.92 Å². The van der Waals surface area contributed by atoms with Gasteiger partial charge < -0.3 is 9.29 Å². The van der Waals surface area contributed by atoms with Crippen molar-refractivity contribution in [1.82, 2.24) is 0 Å². The van der Waals surface area contributed by atoms with Crippen LogP contribution in [0.5, 0.6) is 5.75 Å². The summed E-state index contributed by atoms with van der Waals surface area (Å²) in [4.78, 5) is 11.1. The first-order valence-electron chi connectivity index (χ1n) is 10.6. The summed E-state index contributed by atoms with van der Waals surface area (Å²) < 4.78 is 69.3. The van der Waals surface area contributed by atoms with Crippen molar-refractivity contribution < 1.29 is 31.6 Å². The molecular formula is C26H15F3NO5S-. The number of hydrogen-bond donors (Lipinski definition) is 0. The molecule has 0 fully saturated rings. The second kappa shape index (κ2) is 9.21. The summed E-state index contributed by atoms with van der Waals surface area (Å²) in [7, 11) is 0. The summed E-state index contributed by atoms with van der Waals surface area (Å²) in [6, 6.07) is 16.6. The minimum absolute atomic E-state index is 0.100. The van der Waals surface area contributed by atoms with Crippen LogP contribution in [0.4, 0.5) is 13.2 Å². The minimum Gasteiger partial charge on any atom is -0.772 e. The Balaban J connectivity index is 1.61. The second-order valence-electron chi connectivity index (χ2n) is 8.17. The molecule has 1 aliphatic heterocycles. The first-order valence-corrected chi connectivity index (χ1v) is 11.8. The van der Waals surface area contributed by atoms with E-state index in [1.807, 2.05) is 18.2 Å². The monoisotopic (exact) mass is 510 g/mol. The fourth-order valence-corrected chi connectivity index (χ4v) is 4.67. The van der Waals surface area contributed by atoms with Crippen molar-refractivity contribution in [3.8, 4) is 16.9 Å². The summed E-state index contributed by atoms with van der Waals surface area (Å²) in [6.45, 7) is 0. The lowest BCUT2D eigenvalue weighted by atomic mass is 9.94. The van der Waals surface area contributed by atoms with Crippen LogP contribution in [-0.2, 0) is 16.8 Å². The minimum atomic E-state index is -2.20. The molecule has 0 bridgehead atoms. The van der Waals surface area contributed by atoms with Crippen molar-refractivity contribution in [2.45, 2.75) is 11.9 Å². The molecule has 4 aromatic rings. The highest BCUT2D eigenvalue weighted by atomic mass is 32.2. The van der Waals surface area contributed by atoms with Crippen LogP contribution in [0.1, 0.15) is 22.8 Å². The van der Waals surface area contributed by atoms with Gasteiger partial charge in [0.2, 0.25) is 6.10 Å². The van der Waals surface area contributed by atoms with E-state index in [-0.39, 0.29) is 11.5 Å². The highest BCUT2D eigenvalue weighted by molar-refractivity contribution is 7.78. The largest absolute Gasteiger partial charge is 0.772 e. The molecule has 1 heterocycles. The van der Waals surface area contributed by atoms with Gasteiger partial charge in [-0.05, 0) is 45.7 Å². The van der Waals surface area contributed by atoms with E-state index in [4.69, 9.17) is 4.74 Å². The SMILES string of the molecule is O=[N+]([O-])C1=Cc2c(ccc3ccc(-c4ccc(CS(=O)[O-])cc4)cc23)OC1c1cc(F)c(F)cc1F. The molecule has 0 saturated carbocycles. The lowest BCUT2D eigenvalue weighted by molar-refractivity contribution is -0.434. The zero-order chi connectivity index (χ0) is 25.6. The molecule has 0 aliphatic carbocycles. The Morgan fingerprint density at radius 1 is 0.889 bits per heavy atom. The number of ether oxygens (including phenoxy) is 1. The van der Waals surface area contributed by atoms with Gasteiger partial charge in [-0.2, -0.15) is 0 Å². The third-order valence-corrected chi connectivity index (χ3v) is 6.50. The smallest absolute Gasteiger partial charge is 0.291 e. The van der Waals surface area contributed by atoms with Crippen molar-refractivity contribution in [2.24, 2.45) is 0 Å². The number of nitrogens with zero attached hydrogens (tertiary/aromatic N) is 1. The lowest BCUT2D eigenvalue weighted by Crippen LogP contribution is -2.21. The molecule has 0 aromatic heterocycles. The van der Waals surface area contributed by atoms with Crippen LogP contribution in [0.3, 0.4) is 0 Å². The third-order valence-electron chi connectivity index (χ3n) is 5.93. The number of hydrogen-bond acceptors (Lipinski definition) is 5. The zero-order valence-electron chi connectivity index (χ0n) is 18.2. The van der Waals surface area contributed by atoms with E-state index in [0.29, 0.717) is 28.6 Å². The van der Waals surface area contributed by atoms with Gasteiger partial charge in [0.25, 0.3) is 5.70 Å². The Morgan fingerprint density at radius 3 is 2.25 bits per heavy atom. The van der Waals surface area contributed by atoms with E-state index in [1.54, 1.807) is 36.4 Å². The molecule has 0 N–H and O–H groups in total. The zero-order valence-corrected chi connectivity index (χ0v) is 19.1. The van der Waals surface area contributed by atoms with Crippen molar-refractivity contribution in [2.75, 3.05) is 0 Å². The normalized spacial score (nSPS) is 15.7. The first kappa shape index (κ1) is 23.7. The first-order chi connectivity index (χ1) is 17.2. The van der Waals surface area contributed by atoms with Crippen LogP contribution in [-0.4, -0.2) is 13.7 Å². The molecule has 2 atom stereocenters. The average molecular weight is 510 g/mol. The van der Waals surface area contributed by atoms with Gasteiger partial charge in [-0.25, -0.2) is 13.2 Å². The van der Waals surface area contributed by atoms with Gasteiger partial charge in [-0.1, -0.05) is 53.5 Å². The number of nitro groups is 1. The Hall–Kier alpha value is -4.02. The quantitative estimate of drug-likeness (QED) is 0.141. The predicted octanol–water partition coefficient (Wildman–Crippen LogP) is 6.05.